The Hall–Kier alpha value is -0.410. The molecule has 0 spiro atoms. The summed E-state index contributed by atoms with van der Waals surface area (Å²) in [7, 11) is 4.17. The zero-order valence-electron chi connectivity index (χ0n) is 11.2. The lowest BCUT2D eigenvalue weighted by Gasteiger charge is -2.37. The zero-order chi connectivity index (χ0) is 12.1. The van der Waals surface area contributed by atoms with E-state index >= 15 is 0 Å². The number of rotatable bonds is 5. The van der Waals surface area contributed by atoms with Crippen molar-refractivity contribution in [3.63, 3.8) is 0 Å². The van der Waals surface area contributed by atoms with E-state index in [-0.39, 0.29) is 6.04 Å². The van der Waals surface area contributed by atoms with Crippen molar-refractivity contribution in [2.75, 3.05) is 33.7 Å². The molecule has 0 saturated carbocycles. The molecule has 2 unspecified atom stereocenters. The maximum atomic E-state index is 12.2. The van der Waals surface area contributed by atoms with Crippen LogP contribution in [0, 0.1) is 5.92 Å². The zero-order valence-corrected chi connectivity index (χ0v) is 11.2. The number of hydrogen-bond acceptors (Lipinski definition) is 3. The minimum absolute atomic E-state index is 0.123. The normalized spacial score (nSPS) is 25.6. The van der Waals surface area contributed by atoms with E-state index in [0.29, 0.717) is 11.7 Å². The molecule has 3 nitrogen and oxygen atoms in total. The van der Waals surface area contributed by atoms with Crippen LogP contribution in [0.5, 0.6) is 0 Å². The Morgan fingerprint density at radius 3 is 2.69 bits per heavy atom. The number of nitrogens with zero attached hydrogens (tertiary/aromatic N) is 2. The van der Waals surface area contributed by atoms with Crippen LogP contribution in [-0.4, -0.2) is 55.4 Å². The SMILES string of the molecule is CCCC(C)CC(=O)C1CN(C)CCN1C. The molecule has 0 radical (unpaired) electrons. The van der Waals surface area contributed by atoms with Gasteiger partial charge in [0.15, 0.2) is 5.78 Å². The Morgan fingerprint density at radius 2 is 2.06 bits per heavy atom. The molecule has 1 aliphatic heterocycles. The van der Waals surface area contributed by atoms with Crippen molar-refractivity contribution < 1.29 is 4.79 Å². The Morgan fingerprint density at radius 1 is 1.38 bits per heavy atom. The number of Topliss-reactive ketones (excluding diaryl/α,β-unsaturated/α-hetero) is 1. The minimum Gasteiger partial charge on any atom is -0.303 e. The van der Waals surface area contributed by atoms with Crippen LogP contribution in [-0.2, 0) is 4.79 Å². The summed E-state index contributed by atoms with van der Waals surface area (Å²) < 4.78 is 0. The van der Waals surface area contributed by atoms with Gasteiger partial charge in [-0.1, -0.05) is 26.7 Å². The summed E-state index contributed by atoms with van der Waals surface area (Å²) in [6.07, 6.45) is 3.09. The minimum atomic E-state index is 0.123. The van der Waals surface area contributed by atoms with Gasteiger partial charge in [0.2, 0.25) is 0 Å². The van der Waals surface area contributed by atoms with Gasteiger partial charge in [0, 0.05) is 26.1 Å². The third-order valence-corrected chi connectivity index (χ3v) is 3.55. The molecule has 0 amide bonds. The molecule has 1 heterocycles. The molecule has 0 aromatic rings. The van der Waals surface area contributed by atoms with Crippen LogP contribution in [0.2, 0.25) is 0 Å². The average molecular weight is 226 g/mol. The molecule has 1 aliphatic rings. The molecular formula is C13H26N2O. The number of likely N-dealkylation sites (N-methyl/N-ethyl adjacent to an activating group) is 2. The number of carbonyl (C=O) groups is 1. The quantitative estimate of drug-likeness (QED) is 0.712. The highest BCUT2D eigenvalue weighted by atomic mass is 16.1. The highest BCUT2D eigenvalue weighted by molar-refractivity contribution is 5.84. The van der Waals surface area contributed by atoms with E-state index in [4.69, 9.17) is 0 Å². The van der Waals surface area contributed by atoms with E-state index in [2.05, 4.69) is 37.7 Å². The summed E-state index contributed by atoms with van der Waals surface area (Å²) in [5.41, 5.74) is 0. The molecule has 1 fully saturated rings. The van der Waals surface area contributed by atoms with E-state index < -0.39 is 0 Å². The van der Waals surface area contributed by atoms with Crippen molar-refractivity contribution in [1.29, 1.82) is 0 Å². The van der Waals surface area contributed by atoms with Crippen LogP contribution >= 0.6 is 0 Å². The van der Waals surface area contributed by atoms with Crippen molar-refractivity contribution in [3.8, 4) is 0 Å². The van der Waals surface area contributed by atoms with Gasteiger partial charge in [-0.15, -0.1) is 0 Å². The topological polar surface area (TPSA) is 23.6 Å². The monoisotopic (exact) mass is 226 g/mol. The van der Waals surface area contributed by atoms with Gasteiger partial charge in [0.1, 0.15) is 0 Å². The van der Waals surface area contributed by atoms with Crippen molar-refractivity contribution >= 4 is 5.78 Å². The second-order valence-corrected chi connectivity index (χ2v) is 5.32. The van der Waals surface area contributed by atoms with Crippen molar-refractivity contribution in [2.24, 2.45) is 5.92 Å². The van der Waals surface area contributed by atoms with Crippen molar-refractivity contribution in [1.82, 2.24) is 9.80 Å². The first-order chi connectivity index (χ1) is 7.54. The lowest BCUT2D eigenvalue weighted by atomic mass is 9.95. The van der Waals surface area contributed by atoms with Gasteiger partial charge < -0.3 is 4.90 Å². The molecule has 3 heteroatoms. The fourth-order valence-electron chi connectivity index (χ4n) is 2.43. The summed E-state index contributed by atoms with van der Waals surface area (Å²) in [6, 6.07) is 0.123. The lowest BCUT2D eigenvalue weighted by Crippen LogP contribution is -2.53. The lowest BCUT2D eigenvalue weighted by molar-refractivity contribution is -0.126. The second kappa shape index (κ2) is 6.36. The molecule has 0 bridgehead atoms. The van der Waals surface area contributed by atoms with E-state index in [0.717, 1.165) is 32.5 Å². The highest BCUT2D eigenvalue weighted by Crippen LogP contribution is 2.15. The Labute approximate surface area is 99.8 Å². The van der Waals surface area contributed by atoms with Gasteiger partial charge >= 0.3 is 0 Å². The van der Waals surface area contributed by atoms with Gasteiger partial charge in [0.25, 0.3) is 0 Å². The van der Waals surface area contributed by atoms with Gasteiger partial charge in [-0.2, -0.15) is 0 Å². The van der Waals surface area contributed by atoms with Crippen LogP contribution < -0.4 is 0 Å². The number of carbonyl (C=O) groups excluding carboxylic acids is 1. The molecular weight excluding hydrogens is 200 g/mol. The van der Waals surface area contributed by atoms with Crippen LogP contribution in [0.15, 0.2) is 0 Å². The predicted molar refractivity (Wildman–Crippen MR) is 67.6 cm³/mol. The predicted octanol–water partition coefficient (Wildman–Crippen LogP) is 1.63. The summed E-state index contributed by atoms with van der Waals surface area (Å²) >= 11 is 0. The Balaban J connectivity index is 2.45. The van der Waals surface area contributed by atoms with Crippen LogP contribution in [0.25, 0.3) is 0 Å². The summed E-state index contributed by atoms with van der Waals surface area (Å²) in [6.45, 7) is 7.35. The van der Waals surface area contributed by atoms with E-state index in [1.54, 1.807) is 0 Å². The van der Waals surface area contributed by atoms with Crippen molar-refractivity contribution in [2.45, 2.75) is 39.2 Å². The second-order valence-electron chi connectivity index (χ2n) is 5.32. The first-order valence-corrected chi connectivity index (χ1v) is 6.46. The summed E-state index contributed by atoms with van der Waals surface area (Å²) in [5.74, 6) is 0.966. The highest BCUT2D eigenvalue weighted by Gasteiger charge is 2.28. The van der Waals surface area contributed by atoms with Gasteiger partial charge in [-0.05, 0) is 20.0 Å². The number of hydrogen-bond donors (Lipinski definition) is 0. The van der Waals surface area contributed by atoms with Crippen LogP contribution in [0.3, 0.4) is 0 Å². The van der Waals surface area contributed by atoms with E-state index in [1.807, 2.05) is 0 Å². The maximum absolute atomic E-state index is 12.2. The number of piperazine rings is 1. The standard InChI is InChI=1S/C13H26N2O/c1-5-6-11(2)9-13(16)12-10-14(3)7-8-15(12)4/h11-12H,5-10H2,1-4H3. The van der Waals surface area contributed by atoms with E-state index in [9.17, 15) is 4.79 Å². The Bertz CT molecular complexity index is 230. The molecule has 16 heavy (non-hydrogen) atoms. The molecule has 1 saturated heterocycles. The fraction of sp³-hybridized carbons (Fsp3) is 0.923. The van der Waals surface area contributed by atoms with Crippen LogP contribution in [0.1, 0.15) is 33.1 Å². The van der Waals surface area contributed by atoms with Crippen LogP contribution in [0.4, 0.5) is 0 Å². The molecule has 2 atom stereocenters. The maximum Gasteiger partial charge on any atom is 0.151 e. The third-order valence-electron chi connectivity index (χ3n) is 3.55. The third kappa shape index (κ3) is 3.87. The van der Waals surface area contributed by atoms with Gasteiger partial charge in [-0.25, -0.2) is 0 Å². The smallest absolute Gasteiger partial charge is 0.151 e. The van der Waals surface area contributed by atoms with Crippen molar-refractivity contribution in [3.05, 3.63) is 0 Å². The summed E-state index contributed by atoms with van der Waals surface area (Å²) in [5, 5.41) is 0. The molecule has 94 valence electrons. The molecule has 0 aromatic heterocycles. The first-order valence-electron chi connectivity index (χ1n) is 6.46. The largest absolute Gasteiger partial charge is 0.303 e. The fourth-order valence-corrected chi connectivity index (χ4v) is 2.43. The first kappa shape index (κ1) is 13.7. The molecule has 1 rings (SSSR count). The summed E-state index contributed by atoms with van der Waals surface area (Å²) in [4.78, 5) is 16.6. The average Bonchev–Trinajstić information content (AvgIpc) is 2.21. The molecule has 0 N–H and O–H groups in total. The molecule has 0 aliphatic carbocycles. The Kier molecular flexibility index (Phi) is 5.42. The van der Waals surface area contributed by atoms with E-state index in [1.165, 1.54) is 6.42 Å². The van der Waals surface area contributed by atoms with Gasteiger partial charge in [-0.3, -0.25) is 9.69 Å². The number of ketones is 1. The molecule has 0 aromatic carbocycles. The van der Waals surface area contributed by atoms with Gasteiger partial charge in [0.05, 0.1) is 6.04 Å².